The molecule has 0 unspecified atom stereocenters. The first-order valence-corrected chi connectivity index (χ1v) is 8.64. The summed E-state index contributed by atoms with van der Waals surface area (Å²) in [4.78, 5) is 30.4. The second-order valence-electron chi connectivity index (χ2n) is 5.58. The minimum absolute atomic E-state index is 0.122. The van der Waals surface area contributed by atoms with Gasteiger partial charge in [-0.15, -0.1) is 11.3 Å². The summed E-state index contributed by atoms with van der Waals surface area (Å²) in [7, 11) is 0. The minimum atomic E-state index is -0.425. The number of ether oxygens (including phenoxy) is 1. The predicted molar refractivity (Wildman–Crippen MR) is 95.2 cm³/mol. The van der Waals surface area contributed by atoms with Gasteiger partial charge in [-0.1, -0.05) is 37.3 Å². The van der Waals surface area contributed by atoms with Crippen LogP contribution in [-0.4, -0.2) is 21.6 Å². The van der Waals surface area contributed by atoms with E-state index in [-0.39, 0.29) is 18.2 Å². The van der Waals surface area contributed by atoms with Crippen molar-refractivity contribution in [3.8, 4) is 10.4 Å². The van der Waals surface area contributed by atoms with Crippen molar-refractivity contribution in [2.24, 2.45) is 0 Å². The Labute approximate surface area is 143 Å². The zero-order chi connectivity index (χ0) is 17.1. The molecule has 6 heteroatoms. The van der Waals surface area contributed by atoms with Crippen LogP contribution < -0.4 is 5.56 Å². The van der Waals surface area contributed by atoms with E-state index in [9.17, 15) is 9.59 Å². The van der Waals surface area contributed by atoms with Gasteiger partial charge in [0, 0.05) is 4.88 Å². The molecule has 5 nitrogen and oxygen atoms in total. The lowest BCUT2D eigenvalue weighted by Crippen LogP contribution is -2.27. The van der Waals surface area contributed by atoms with Crippen LogP contribution >= 0.6 is 11.3 Å². The van der Waals surface area contributed by atoms with E-state index in [0.29, 0.717) is 10.2 Å². The molecule has 2 heterocycles. The van der Waals surface area contributed by atoms with Crippen LogP contribution in [0.4, 0.5) is 0 Å². The Balaban J connectivity index is 1.91. The van der Waals surface area contributed by atoms with Gasteiger partial charge in [-0.25, -0.2) is 4.98 Å². The highest BCUT2D eigenvalue weighted by molar-refractivity contribution is 7.21. The standard InChI is InChI=1S/C18H18N2O3S/c1-3-12(2)23-16(21)10-20-11-19-17-14(18(20)22)9-15(24-17)13-7-5-4-6-8-13/h4-9,11-12H,3,10H2,1-2H3/t12-/m1/s1. The molecule has 0 bridgehead atoms. The van der Waals surface area contributed by atoms with E-state index in [1.165, 1.54) is 22.2 Å². The molecule has 0 aliphatic heterocycles. The lowest BCUT2D eigenvalue weighted by atomic mass is 10.2. The second-order valence-corrected chi connectivity index (χ2v) is 6.61. The highest BCUT2D eigenvalue weighted by Gasteiger charge is 2.14. The Morgan fingerprint density at radius 2 is 2.08 bits per heavy atom. The molecular weight excluding hydrogens is 324 g/mol. The highest BCUT2D eigenvalue weighted by atomic mass is 32.1. The van der Waals surface area contributed by atoms with E-state index in [1.807, 2.05) is 50.2 Å². The van der Waals surface area contributed by atoms with Crippen molar-refractivity contribution < 1.29 is 9.53 Å². The first-order valence-electron chi connectivity index (χ1n) is 7.82. The van der Waals surface area contributed by atoms with Gasteiger partial charge in [-0.3, -0.25) is 14.2 Å². The van der Waals surface area contributed by atoms with Crippen molar-refractivity contribution in [2.45, 2.75) is 32.9 Å². The third kappa shape index (κ3) is 3.38. The van der Waals surface area contributed by atoms with Gasteiger partial charge in [-0.05, 0) is 25.0 Å². The topological polar surface area (TPSA) is 61.2 Å². The summed E-state index contributed by atoms with van der Waals surface area (Å²) < 4.78 is 6.52. The van der Waals surface area contributed by atoms with Crippen LogP contribution in [0.5, 0.6) is 0 Å². The number of esters is 1. The number of thiophene rings is 1. The van der Waals surface area contributed by atoms with Crippen LogP contribution in [0.3, 0.4) is 0 Å². The molecule has 24 heavy (non-hydrogen) atoms. The van der Waals surface area contributed by atoms with Crippen molar-refractivity contribution in [3.05, 3.63) is 53.1 Å². The quantitative estimate of drug-likeness (QED) is 0.666. The molecule has 1 aromatic carbocycles. The molecule has 0 spiro atoms. The number of benzene rings is 1. The average molecular weight is 342 g/mol. The number of rotatable bonds is 5. The Hall–Kier alpha value is -2.47. The van der Waals surface area contributed by atoms with Crippen molar-refractivity contribution >= 4 is 27.5 Å². The van der Waals surface area contributed by atoms with E-state index in [4.69, 9.17) is 4.74 Å². The SMILES string of the molecule is CC[C@@H](C)OC(=O)Cn1cnc2sc(-c3ccccc3)cc2c1=O. The van der Waals surface area contributed by atoms with Gasteiger partial charge < -0.3 is 4.74 Å². The third-order valence-corrected chi connectivity index (χ3v) is 4.88. The van der Waals surface area contributed by atoms with E-state index in [0.717, 1.165) is 16.9 Å². The lowest BCUT2D eigenvalue weighted by molar-refractivity contribution is -0.149. The van der Waals surface area contributed by atoms with Crippen molar-refractivity contribution in [2.75, 3.05) is 0 Å². The summed E-state index contributed by atoms with van der Waals surface area (Å²) in [6, 6.07) is 11.7. The summed E-state index contributed by atoms with van der Waals surface area (Å²) in [6.07, 6.45) is 1.99. The number of carbonyl (C=O) groups is 1. The fraction of sp³-hybridized carbons (Fsp3) is 0.278. The number of hydrogen-bond acceptors (Lipinski definition) is 5. The van der Waals surface area contributed by atoms with Crippen molar-refractivity contribution in [3.63, 3.8) is 0 Å². The molecule has 124 valence electrons. The summed E-state index contributed by atoms with van der Waals surface area (Å²) >= 11 is 1.47. The zero-order valence-corrected chi connectivity index (χ0v) is 14.4. The highest BCUT2D eigenvalue weighted by Crippen LogP contribution is 2.30. The summed E-state index contributed by atoms with van der Waals surface area (Å²) in [6.45, 7) is 3.64. The first-order chi connectivity index (χ1) is 11.6. The molecule has 3 rings (SSSR count). The fourth-order valence-corrected chi connectivity index (χ4v) is 3.30. The molecule has 0 N–H and O–H groups in total. The van der Waals surface area contributed by atoms with Crippen molar-refractivity contribution in [1.82, 2.24) is 9.55 Å². The molecule has 0 aliphatic rings. The van der Waals surface area contributed by atoms with Crippen LogP contribution in [0.25, 0.3) is 20.7 Å². The Bertz CT molecular complexity index is 915. The molecule has 2 aromatic heterocycles. The average Bonchev–Trinajstić information content (AvgIpc) is 3.03. The van der Waals surface area contributed by atoms with Gasteiger partial charge in [0.15, 0.2) is 0 Å². The Morgan fingerprint density at radius 3 is 2.79 bits per heavy atom. The maximum atomic E-state index is 12.6. The molecule has 3 aromatic rings. The third-order valence-electron chi connectivity index (χ3n) is 3.78. The minimum Gasteiger partial charge on any atom is -0.461 e. The van der Waals surface area contributed by atoms with E-state index < -0.39 is 5.97 Å². The maximum Gasteiger partial charge on any atom is 0.326 e. The van der Waals surface area contributed by atoms with Gasteiger partial charge in [-0.2, -0.15) is 0 Å². The maximum absolute atomic E-state index is 12.6. The molecule has 0 radical (unpaired) electrons. The van der Waals surface area contributed by atoms with E-state index >= 15 is 0 Å². The Kier molecular flexibility index (Phi) is 4.76. The molecule has 0 saturated carbocycles. The van der Waals surface area contributed by atoms with Crippen LogP contribution in [0.1, 0.15) is 20.3 Å². The summed E-state index contributed by atoms with van der Waals surface area (Å²) in [5, 5.41) is 0.526. The van der Waals surface area contributed by atoms with Crippen LogP contribution in [0.2, 0.25) is 0 Å². The van der Waals surface area contributed by atoms with Crippen molar-refractivity contribution in [1.29, 1.82) is 0 Å². The fourth-order valence-electron chi connectivity index (χ4n) is 2.30. The predicted octanol–water partition coefficient (Wildman–Crippen LogP) is 3.47. The van der Waals surface area contributed by atoms with E-state index in [2.05, 4.69) is 4.98 Å². The number of aromatic nitrogens is 2. The molecule has 0 fully saturated rings. The van der Waals surface area contributed by atoms with E-state index in [1.54, 1.807) is 0 Å². The zero-order valence-electron chi connectivity index (χ0n) is 13.6. The molecule has 1 atom stereocenters. The number of carbonyl (C=O) groups excluding carboxylic acids is 1. The van der Waals surface area contributed by atoms with Gasteiger partial charge >= 0.3 is 5.97 Å². The summed E-state index contributed by atoms with van der Waals surface area (Å²) in [5.74, 6) is -0.425. The normalized spacial score (nSPS) is 12.2. The molecule has 0 aliphatic carbocycles. The summed E-state index contributed by atoms with van der Waals surface area (Å²) in [5.41, 5.74) is 0.821. The number of nitrogens with zero attached hydrogens (tertiary/aromatic N) is 2. The molecular formula is C18H18N2O3S. The second kappa shape index (κ2) is 6.97. The number of fused-ring (bicyclic) bond motifs is 1. The monoisotopic (exact) mass is 342 g/mol. The van der Waals surface area contributed by atoms with Crippen LogP contribution in [-0.2, 0) is 16.1 Å². The van der Waals surface area contributed by atoms with Gasteiger partial charge in [0.2, 0.25) is 0 Å². The first kappa shape index (κ1) is 16.4. The Morgan fingerprint density at radius 1 is 1.33 bits per heavy atom. The smallest absolute Gasteiger partial charge is 0.326 e. The van der Waals surface area contributed by atoms with Gasteiger partial charge in [0.05, 0.1) is 17.8 Å². The van der Waals surface area contributed by atoms with Gasteiger partial charge in [0.1, 0.15) is 11.4 Å². The van der Waals surface area contributed by atoms with Crippen LogP contribution in [0.15, 0.2) is 47.5 Å². The largest absolute Gasteiger partial charge is 0.461 e. The van der Waals surface area contributed by atoms with Crippen LogP contribution in [0, 0.1) is 0 Å². The molecule has 0 amide bonds. The number of hydrogen-bond donors (Lipinski definition) is 0. The lowest BCUT2D eigenvalue weighted by Gasteiger charge is -2.11. The van der Waals surface area contributed by atoms with Gasteiger partial charge in [0.25, 0.3) is 5.56 Å². The molecule has 0 saturated heterocycles.